The largest absolute Gasteiger partial charge is 0.494 e. The zero-order valence-electron chi connectivity index (χ0n) is 15.4. The second-order valence-electron chi connectivity index (χ2n) is 6.85. The summed E-state index contributed by atoms with van der Waals surface area (Å²) >= 11 is 0. The van der Waals surface area contributed by atoms with E-state index in [2.05, 4.69) is 21.8 Å². The second kappa shape index (κ2) is 8.82. The molecule has 0 aliphatic carbocycles. The maximum atomic E-state index is 13.8. The summed E-state index contributed by atoms with van der Waals surface area (Å²) in [5, 5.41) is 0. The van der Waals surface area contributed by atoms with Crippen LogP contribution in [-0.4, -0.2) is 40.1 Å². The SMILES string of the molecule is COc1ccc(S(=O)(=O)NCC2CCN(Cc3ccccc3)CC2)cc1F. The molecule has 0 amide bonds. The highest BCUT2D eigenvalue weighted by atomic mass is 32.2. The van der Waals surface area contributed by atoms with Crippen LogP contribution < -0.4 is 9.46 Å². The smallest absolute Gasteiger partial charge is 0.240 e. The summed E-state index contributed by atoms with van der Waals surface area (Å²) in [5.41, 5.74) is 1.29. The summed E-state index contributed by atoms with van der Waals surface area (Å²) in [4.78, 5) is 2.31. The van der Waals surface area contributed by atoms with Gasteiger partial charge in [-0.15, -0.1) is 0 Å². The number of piperidine rings is 1. The number of benzene rings is 2. The third kappa shape index (κ3) is 5.28. The summed E-state index contributed by atoms with van der Waals surface area (Å²) in [7, 11) is -2.39. The van der Waals surface area contributed by atoms with E-state index in [9.17, 15) is 12.8 Å². The van der Waals surface area contributed by atoms with E-state index < -0.39 is 15.8 Å². The number of hydrogen-bond acceptors (Lipinski definition) is 4. The van der Waals surface area contributed by atoms with E-state index in [-0.39, 0.29) is 16.6 Å². The summed E-state index contributed by atoms with van der Waals surface area (Å²) in [6.45, 7) is 3.18. The number of ether oxygens (including phenoxy) is 1. The summed E-state index contributed by atoms with van der Waals surface area (Å²) in [6, 6.07) is 14.0. The van der Waals surface area contributed by atoms with Gasteiger partial charge >= 0.3 is 0 Å². The normalized spacial score (nSPS) is 16.4. The van der Waals surface area contributed by atoms with Crippen molar-refractivity contribution in [3.8, 4) is 5.75 Å². The highest BCUT2D eigenvalue weighted by Crippen LogP contribution is 2.22. The van der Waals surface area contributed by atoms with Gasteiger partial charge in [0.15, 0.2) is 11.6 Å². The number of likely N-dealkylation sites (tertiary alicyclic amines) is 1. The maximum Gasteiger partial charge on any atom is 0.240 e. The van der Waals surface area contributed by atoms with Gasteiger partial charge < -0.3 is 4.74 Å². The first-order chi connectivity index (χ1) is 13.0. The van der Waals surface area contributed by atoms with Gasteiger partial charge in [0.2, 0.25) is 10.0 Å². The third-order valence-electron chi connectivity index (χ3n) is 4.95. The molecule has 5 nitrogen and oxygen atoms in total. The van der Waals surface area contributed by atoms with Crippen LogP contribution in [0.2, 0.25) is 0 Å². The fourth-order valence-corrected chi connectivity index (χ4v) is 4.44. The van der Waals surface area contributed by atoms with Crippen LogP contribution in [0.3, 0.4) is 0 Å². The lowest BCUT2D eigenvalue weighted by molar-refractivity contribution is 0.178. The molecule has 1 saturated heterocycles. The second-order valence-corrected chi connectivity index (χ2v) is 8.62. The Morgan fingerprint density at radius 3 is 2.48 bits per heavy atom. The molecular weight excluding hydrogens is 367 g/mol. The number of methoxy groups -OCH3 is 1. The minimum absolute atomic E-state index is 0.0275. The van der Waals surface area contributed by atoms with Crippen LogP contribution in [0.15, 0.2) is 53.4 Å². The van der Waals surface area contributed by atoms with Crippen molar-refractivity contribution in [3.05, 3.63) is 59.9 Å². The van der Waals surface area contributed by atoms with Crippen LogP contribution in [0.25, 0.3) is 0 Å². The first-order valence-corrected chi connectivity index (χ1v) is 10.6. The van der Waals surface area contributed by atoms with Gasteiger partial charge in [-0.3, -0.25) is 4.90 Å². The third-order valence-corrected chi connectivity index (χ3v) is 6.37. The van der Waals surface area contributed by atoms with Gasteiger partial charge in [-0.1, -0.05) is 30.3 Å². The summed E-state index contributed by atoms with van der Waals surface area (Å²) in [5.74, 6) is -0.371. The van der Waals surface area contributed by atoms with Gasteiger partial charge in [-0.05, 0) is 55.6 Å². The molecule has 0 bridgehead atoms. The molecule has 0 atom stereocenters. The average molecular weight is 392 g/mol. The van der Waals surface area contributed by atoms with Crippen LogP contribution in [0.5, 0.6) is 5.75 Å². The first kappa shape index (κ1) is 19.8. The number of halogens is 1. The van der Waals surface area contributed by atoms with Crippen LogP contribution in [0.4, 0.5) is 4.39 Å². The Morgan fingerprint density at radius 2 is 1.85 bits per heavy atom. The molecule has 0 saturated carbocycles. The highest BCUT2D eigenvalue weighted by molar-refractivity contribution is 7.89. The molecule has 0 spiro atoms. The molecule has 1 heterocycles. The Hall–Kier alpha value is -1.96. The molecule has 1 fully saturated rings. The van der Waals surface area contributed by atoms with E-state index in [1.807, 2.05) is 18.2 Å². The lowest BCUT2D eigenvalue weighted by atomic mass is 9.97. The topological polar surface area (TPSA) is 58.6 Å². The number of hydrogen-bond donors (Lipinski definition) is 1. The van der Waals surface area contributed by atoms with E-state index in [1.165, 1.54) is 24.8 Å². The highest BCUT2D eigenvalue weighted by Gasteiger charge is 2.22. The predicted molar refractivity (Wildman–Crippen MR) is 103 cm³/mol. The van der Waals surface area contributed by atoms with Crippen molar-refractivity contribution in [2.24, 2.45) is 5.92 Å². The van der Waals surface area contributed by atoms with Crippen molar-refractivity contribution in [3.63, 3.8) is 0 Å². The fraction of sp³-hybridized carbons (Fsp3) is 0.400. The Bertz CT molecular complexity index is 851. The van der Waals surface area contributed by atoms with E-state index in [0.29, 0.717) is 6.54 Å². The minimum Gasteiger partial charge on any atom is -0.494 e. The van der Waals surface area contributed by atoms with Gasteiger partial charge in [-0.2, -0.15) is 0 Å². The summed E-state index contributed by atoms with van der Waals surface area (Å²) in [6.07, 6.45) is 1.87. The summed E-state index contributed by atoms with van der Waals surface area (Å²) < 4.78 is 46.0. The van der Waals surface area contributed by atoms with Gasteiger partial charge in [0.25, 0.3) is 0 Å². The van der Waals surface area contributed by atoms with Crippen molar-refractivity contribution < 1.29 is 17.5 Å². The van der Waals surface area contributed by atoms with Crippen LogP contribution in [-0.2, 0) is 16.6 Å². The van der Waals surface area contributed by atoms with E-state index in [4.69, 9.17) is 4.74 Å². The van der Waals surface area contributed by atoms with Crippen LogP contribution >= 0.6 is 0 Å². The first-order valence-electron chi connectivity index (χ1n) is 9.07. The molecule has 2 aromatic rings. The monoisotopic (exact) mass is 392 g/mol. The Morgan fingerprint density at radius 1 is 1.15 bits per heavy atom. The standard InChI is InChI=1S/C20H25FN2O3S/c1-26-20-8-7-18(13-19(20)21)27(24,25)22-14-16-9-11-23(12-10-16)15-17-5-3-2-4-6-17/h2-8,13,16,22H,9-12,14-15H2,1H3. The van der Waals surface area contributed by atoms with E-state index in [0.717, 1.165) is 38.5 Å². The van der Waals surface area contributed by atoms with Crippen molar-refractivity contribution >= 4 is 10.0 Å². The lowest BCUT2D eigenvalue weighted by Gasteiger charge is -2.32. The Labute approximate surface area is 160 Å². The Kier molecular flexibility index (Phi) is 6.46. The molecular formula is C20H25FN2O3S. The molecule has 0 aromatic heterocycles. The molecule has 3 rings (SSSR count). The molecule has 1 N–H and O–H groups in total. The van der Waals surface area contributed by atoms with Crippen molar-refractivity contribution in [1.29, 1.82) is 0 Å². The predicted octanol–water partition coefficient (Wildman–Crippen LogP) is 3.02. The van der Waals surface area contributed by atoms with Crippen LogP contribution in [0, 0.1) is 11.7 Å². The van der Waals surface area contributed by atoms with Gasteiger partial charge in [-0.25, -0.2) is 17.5 Å². The van der Waals surface area contributed by atoms with E-state index in [1.54, 1.807) is 0 Å². The average Bonchev–Trinajstić information content (AvgIpc) is 2.68. The van der Waals surface area contributed by atoms with Crippen molar-refractivity contribution in [2.75, 3.05) is 26.7 Å². The van der Waals surface area contributed by atoms with Crippen molar-refractivity contribution in [1.82, 2.24) is 9.62 Å². The lowest BCUT2D eigenvalue weighted by Crippen LogP contribution is -2.38. The molecule has 1 aliphatic rings. The number of sulfonamides is 1. The van der Waals surface area contributed by atoms with Gasteiger partial charge in [0, 0.05) is 13.1 Å². The Balaban J connectivity index is 1.50. The maximum absolute atomic E-state index is 13.8. The zero-order valence-corrected chi connectivity index (χ0v) is 16.2. The number of nitrogens with one attached hydrogen (secondary N) is 1. The molecule has 2 aromatic carbocycles. The van der Waals surface area contributed by atoms with Gasteiger partial charge in [0.05, 0.1) is 12.0 Å². The molecule has 27 heavy (non-hydrogen) atoms. The zero-order chi connectivity index (χ0) is 19.3. The molecule has 146 valence electrons. The number of nitrogens with zero attached hydrogens (tertiary/aromatic N) is 1. The quantitative estimate of drug-likeness (QED) is 0.787. The van der Waals surface area contributed by atoms with Gasteiger partial charge in [0.1, 0.15) is 0 Å². The molecule has 0 unspecified atom stereocenters. The van der Waals surface area contributed by atoms with Crippen molar-refractivity contribution in [2.45, 2.75) is 24.3 Å². The molecule has 7 heteroatoms. The van der Waals surface area contributed by atoms with Crippen LogP contribution in [0.1, 0.15) is 18.4 Å². The van der Waals surface area contributed by atoms with E-state index >= 15 is 0 Å². The molecule has 0 radical (unpaired) electrons. The molecule has 1 aliphatic heterocycles. The minimum atomic E-state index is -3.73. The fourth-order valence-electron chi connectivity index (χ4n) is 3.32. The number of rotatable bonds is 7.